The first-order chi connectivity index (χ1) is 10.6. The molecule has 0 atom stereocenters. The van der Waals surface area contributed by atoms with Gasteiger partial charge in [0, 0.05) is 0 Å². The molecule has 2 heterocycles. The molecule has 0 aliphatic rings. The summed E-state index contributed by atoms with van der Waals surface area (Å²) in [6.07, 6.45) is -4.75. The van der Waals surface area contributed by atoms with Crippen LogP contribution in [0.5, 0.6) is 0 Å². The molecule has 124 valence electrons. The molecule has 23 heavy (non-hydrogen) atoms. The monoisotopic (exact) mass is 332 g/mol. The number of nitrogens with zero attached hydrogens (tertiary/aromatic N) is 4. The number of aryl methyl sites for hydroxylation is 2. The third kappa shape index (κ3) is 3.46. The van der Waals surface area contributed by atoms with E-state index < -0.39 is 40.8 Å². The Morgan fingerprint density at radius 2 is 2.13 bits per heavy atom. The number of H-pyrrole nitrogens is 1. The molecule has 0 unspecified atom stereocenters. The van der Waals surface area contributed by atoms with Crippen LogP contribution in [0.1, 0.15) is 17.1 Å². The van der Waals surface area contributed by atoms with Gasteiger partial charge >= 0.3 is 12.0 Å². The molecule has 0 fully saturated rings. The van der Waals surface area contributed by atoms with Crippen LogP contribution in [0.25, 0.3) is 0 Å². The molecule has 2 aromatic rings. The molecule has 0 saturated carbocycles. The Morgan fingerprint density at radius 3 is 2.70 bits per heavy atom. The number of alkyl halides is 3. The van der Waals surface area contributed by atoms with Gasteiger partial charge in [0.2, 0.25) is 0 Å². The van der Waals surface area contributed by atoms with E-state index in [1.54, 1.807) is 0 Å². The Hall–Kier alpha value is -2.92. The first-order valence-corrected chi connectivity index (χ1v) is 6.20. The lowest BCUT2D eigenvalue weighted by atomic mass is 10.3. The normalized spacial score (nSPS) is 11.5. The molecule has 2 N–H and O–H groups in total. The average Bonchev–Trinajstić information content (AvgIpc) is 2.93. The van der Waals surface area contributed by atoms with Crippen LogP contribution in [0.2, 0.25) is 0 Å². The Labute approximate surface area is 126 Å². The zero-order valence-electron chi connectivity index (χ0n) is 11.9. The van der Waals surface area contributed by atoms with Crippen molar-refractivity contribution in [3.8, 4) is 0 Å². The van der Waals surface area contributed by atoms with Crippen LogP contribution in [0, 0.1) is 24.0 Å². The second-order valence-corrected chi connectivity index (χ2v) is 4.68. The lowest BCUT2D eigenvalue weighted by Gasteiger charge is -2.08. The Kier molecular flexibility index (Phi) is 4.08. The number of rotatable bonds is 4. The summed E-state index contributed by atoms with van der Waals surface area (Å²) >= 11 is 0. The third-order valence-corrected chi connectivity index (χ3v) is 2.84. The van der Waals surface area contributed by atoms with Crippen LogP contribution in [0.3, 0.4) is 0 Å². The first-order valence-electron chi connectivity index (χ1n) is 6.20. The van der Waals surface area contributed by atoms with Gasteiger partial charge in [-0.3, -0.25) is 9.89 Å². The zero-order valence-corrected chi connectivity index (χ0v) is 11.9. The molecule has 2 rings (SSSR count). The van der Waals surface area contributed by atoms with Crippen molar-refractivity contribution in [2.45, 2.75) is 26.6 Å². The molecular weight excluding hydrogens is 321 g/mol. The quantitative estimate of drug-likeness (QED) is 0.653. The minimum absolute atomic E-state index is 0.0109. The maximum absolute atomic E-state index is 12.8. The topological polar surface area (TPSA) is 119 Å². The van der Waals surface area contributed by atoms with Crippen molar-refractivity contribution in [2.24, 2.45) is 0 Å². The second kappa shape index (κ2) is 5.70. The van der Waals surface area contributed by atoms with Crippen molar-refractivity contribution in [3.63, 3.8) is 0 Å². The predicted molar refractivity (Wildman–Crippen MR) is 70.6 cm³/mol. The summed E-state index contributed by atoms with van der Waals surface area (Å²) in [7, 11) is 0. The number of hydrogen-bond donors (Lipinski definition) is 2. The lowest BCUT2D eigenvalue weighted by molar-refractivity contribution is -0.392. The molecule has 0 bridgehead atoms. The molecule has 0 aromatic carbocycles. The van der Waals surface area contributed by atoms with E-state index in [1.165, 1.54) is 13.8 Å². The van der Waals surface area contributed by atoms with E-state index in [0.29, 0.717) is 5.69 Å². The van der Waals surface area contributed by atoms with E-state index >= 15 is 0 Å². The SMILES string of the molecule is Cc1cc([N+](=O)[O-])n(CC(=O)Nc2c(C(F)(F)F)n[nH]c2C)n1. The summed E-state index contributed by atoms with van der Waals surface area (Å²) < 4.78 is 39.1. The number of aromatic amines is 1. The molecule has 0 aliphatic carbocycles. The van der Waals surface area contributed by atoms with Crippen molar-refractivity contribution < 1.29 is 22.9 Å². The van der Waals surface area contributed by atoms with Gasteiger partial charge in [0.05, 0.1) is 23.1 Å². The maximum atomic E-state index is 12.8. The summed E-state index contributed by atoms with van der Waals surface area (Å²) in [6, 6.07) is 1.15. The Balaban J connectivity index is 2.22. The number of carbonyl (C=O) groups excluding carboxylic acids is 1. The van der Waals surface area contributed by atoms with Crippen LogP contribution in [-0.2, 0) is 17.5 Å². The van der Waals surface area contributed by atoms with E-state index in [-0.39, 0.29) is 5.69 Å². The number of carbonyl (C=O) groups is 1. The van der Waals surface area contributed by atoms with Crippen molar-refractivity contribution in [2.75, 3.05) is 5.32 Å². The molecule has 0 radical (unpaired) electrons. The van der Waals surface area contributed by atoms with Gasteiger partial charge in [0.15, 0.2) is 12.2 Å². The fourth-order valence-electron chi connectivity index (χ4n) is 1.90. The minimum atomic E-state index is -4.75. The highest BCUT2D eigenvalue weighted by atomic mass is 19.4. The molecule has 0 spiro atoms. The molecule has 0 aliphatic heterocycles. The van der Waals surface area contributed by atoms with E-state index in [1.807, 2.05) is 0 Å². The van der Waals surface area contributed by atoms with Gasteiger partial charge in [-0.2, -0.15) is 18.3 Å². The van der Waals surface area contributed by atoms with Crippen LogP contribution < -0.4 is 5.32 Å². The number of aromatic nitrogens is 4. The smallest absolute Gasteiger partial charge is 0.358 e. The Morgan fingerprint density at radius 1 is 1.48 bits per heavy atom. The summed E-state index contributed by atoms with van der Waals surface area (Å²) in [5, 5.41) is 21.9. The number of amides is 1. The van der Waals surface area contributed by atoms with Gasteiger partial charge in [-0.25, -0.2) is 0 Å². The fraction of sp³-hybridized carbons (Fsp3) is 0.364. The van der Waals surface area contributed by atoms with E-state index in [9.17, 15) is 28.1 Å². The van der Waals surface area contributed by atoms with Crippen molar-refractivity contribution in [3.05, 3.63) is 33.3 Å². The van der Waals surface area contributed by atoms with Crippen molar-refractivity contribution in [1.29, 1.82) is 0 Å². The first kappa shape index (κ1) is 16.5. The van der Waals surface area contributed by atoms with Gasteiger partial charge in [-0.1, -0.05) is 5.10 Å². The van der Waals surface area contributed by atoms with Crippen molar-refractivity contribution in [1.82, 2.24) is 20.0 Å². The summed E-state index contributed by atoms with van der Waals surface area (Å²) in [5.41, 5.74) is -1.47. The number of hydrogen-bond acceptors (Lipinski definition) is 5. The minimum Gasteiger partial charge on any atom is -0.358 e. The fourth-order valence-corrected chi connectivity index (χ4v) is 1.90. The number of halogens is 3. The lowest BCUT2D eigenvalue weighted by Crippen LogP contribution is -2.22. The van der Waals surface area contributed by atoms with Gasteiger partial charge in [0.25, 0.3) is 5.91 Å². The van der Waals surface area contributed by atoms with Crippen LogP contribution in [-0.4, -0.2) is 30.8 Å². The highest BCUT2D eigenvalue weighted by Crippen LogP contribution is 2.34. The van der Waals surface area contributed by atoms with E-state index in [4.69, 9.17) is 0 Å². The standard InChI is InChI=1S/C11H11F3N6O3/c1-5-3-8(20(22)23)19(18-5)4-7(21)15-9-6(2)16-17-10(9)11(12,13)14/h3H,4H2,1-2H3,(H,15,21)(H,16,17). The van der Waals surface area contributed by atoms with Crippen LogP contribution in [0.15, 0.2) is 6.07 Å². The summed E-state index contributed by atoms with van der Waals surface area (Å²) in [6.45, 7) is 2.19. The molecular formula is C11H11F3N6O3. The largest absolute Gasteiger partial charge is 0.437 e. The maximum Gasteiger partial charge on any atom is 0.437 e. The Bertz CT molecular complexity index is 764. The molecule has 9 nitrogen and oxygen atoms in total. The number of nitro groups is 1. The predicted octanol–water partition coefficient (Wildman–Crippen LogP) is 1.79. The molecule has 2 aromatic heterocycles. The van der Waals surface area contributed by atoms with Gasteiger partial charge in [-0.15, -0.1) is 4.68 Å². The van der Waals surface area contributed by atoms with Crippen LogP contribution >= 0.6 is 0 Å². The number of anilines is 1. The van der Waals surface area contributed by atoms with Gasteiger partial charge in [0.1, 0.15) is 0 Å². The highest BCUT2D eigenvalue weighted by molar-refractivity contribution is 5.92. The average molecular weight is 332 g/mol. The van der Waals surface area contributed by atoms with Gasteiger partial charge in [-0.05, 0) is 18.8 Å². The third-order valence-electron chi connectivity index (χ3n) is 2.84. The van der Waals surface area contributed by atoms with E-state index in [2.05, 4.69) is 20.6 Å². The summed E-state index contributed by atoms with van der Waals surface area (Å²) in [5.74, 6) is -1.33. The number of nitrogens with one attached hydrogen (secondary N) is 2. The second-order valence-electron chi connectivity index (χ2n) is 4.68. The van der Waals surface area contributed by atoms with Gasteiger partial charge < -0.3 is 15.4 Å². The zero-order chi connectivity index (χ0) is 17.4. The molecule has 12 heteroatoms. The van der Waals surface area contributed by atoms with Crippen molar-refractivity contribution >= 4 is 17.4 Å². The van der Waals surface area contributed by atoms with E-state index in [0.717, 1.165) is 10.7 Å². The highest BCUT2D eigenvalue weighted by Gasteiger charge is 2.38. The van der Waals surface area contributed by atoms with Crippen LogP contribution in [0.4, 0.5) is 24.7 Å². The summed E-state index contributed by atoms with van der Waals surface area (Å²) in [4.78, 5) is 22.0. The molecule has 0 saturated heterocycles. The molecule has 1 amide bonds.